The Morgan fingerprint density at radius 1 is 1.60 bits per heavy atom. The molecule has 0 fully saturated rings. The molecular formula is C6H6Cl2MgN. The normalized spacial score (nSPS) is 7.10. The molecule has 0 aliphatic carbocycles. The van der Waals surface area contributed by atoms with Gasteiger partial charge in [-0.2, -0.15) is 0 Å². The Kier molecular flexibility index (Phi) is 7.98. The van der Waals surface area contributed by atoms with Crippen LogP contribution in [0.3, 0.4) is 0 Å². The van der Waals surface area contributed by atoms with Gasteiger partial charge in [0.25, 0.3) is 0 Å². The Morgan fingerprint density at radius 3 is 2.40 bits per heavy atom. The van der Waals surface area contributed by atoms with Crippen molar-refractivity contribution in [2.75, 3.05) is 0 Å². The maximum Gasteiger partial charge on any atom is 0.618 e. The molecule has 1 aromatic rings. The quantitative estimate of drug-likeness (QED) is 0.567. The molecule has 4 heteroatoms. The Hall–Kier alpha value is 0.496. The average Bonchev–Trinajstić information content (AvgIpc) is 1.91. The van der Waals surface area contributed by atoms with Gasteiger partial charge in [0, 0.05) is 18.5 Å². The first kappa shape index (κ1) is 10.5. The highest BCUT2D eigenvalue weighted by Gasteiger charge is 1.73. The summed E-state index contributed by atoms with van der Waals surface area (Å²) in [7, 11) is 9.81. The topological polar surface area (TPSA) is 12.9 Å². The number of hydrogen-bond donors (Lipinski definition) is 0. The molecule has 0 amide bonds. The fourth-order valence-corrected chi connectivity index (χ4v) is 0.404. The summed E-state index contributed by atoms with van der Waals surface area (Å²) in [6.07, 6.45) is 3.45. The first-order valence-corrected chi connectivity index (χ1v) is 6.98. The zero-order chi connectivity index (χ0) is 7.82. The van der Waals surface area contributed by atoms with Crippen molar-refractivity contribution in [3.8, 4) is 0 Å². The van der Waals surface area contributed by atoms with Gasteiger partial charge in [0.2, 0.25) is 0 Å². The van der Waals surface area contributed by atoms with Crippen LogP contribution >= 0.6 is 18.1 Å². The predicted molar refractivity (Wildman–Crippen MR) is 45.3 cm³/mol. The molecule has 0 bridgehead atoms. The van der Waals surface area contributed by atoms with Crippen LogP contribution in [0.4, 0.5) is 0 Å². The summed E-state index contributed by atoms with van der Waals surface area (Å²) in [6, 6.07) is 4.75. The highest BCUT2D eigenvalue weighted by Crippen LogP contribution is 1.87. The number of pyridine rings is 1. The molecule has 0 spiro atoms. The molecule has 0 N–H and O–H groups in total. The molecular weight excluding hydrogens is 181 g/mol. The minimum absolute atomic E-state index is 0.639. The zero-order valence-electron chi connectivity index (χ0n) is 5.64. The van der Waals surface area contributed by atoms with Gasteiger partial charge in [0.1, 0.15) is 0 Å². The highest BCUT2D eigenvalue weighted by molar-refractivity contribution is 7.22. The molecule has 0 aliphatic rings. The molecule has 1 radical (unpaired) electrons. The lowest BCUT2D eigenvalue weighted by atomic mass is 10.3. The molecule has 0 unspecified atom stereocenters. The fraction of sp³-hybridized carbons (Fsp3) is 0.167. The molecule has 0 saturated carbocycles. The van der Waals surface area contributed by atoms with Gasteiger partial charge in [-0.15, -0.1) is 0 Å². The molecule has 0 saturated heterocycles. The van der Waals surface area contributed by atoms with Gasteiger partial charge < -0.3 is 18.1 Å². The fourth-order valence-electron chi connectivity index (χ4n) is 0.404. The van der Waals surface area contributed by atoms with Crippen LogP contribution in [0.1, 0.15) is 5.56 Å². The van der Waals surface area contributed by atoms with E-state index in [1.165, 1.54) is 0 Å². The van der Waals surface area contributed by atoms with Gasteiger partial charge in [0.15, 0.2) is 0 Å². The standard InChI is InChI=1S/C6H6N.2ClH.Mg/c1-6-3-2-4-7-5-6;;;/h3-5H,1H3;2*1H;/q;;;+2/p-2. The number of hydrogen-bond acceptors (Lipinski definition) is 1. The molecule has 1 rings (SSSR count). The van der Waals surface area contributed by atoms with E-state index in [2.05, 4.69) is 11.1 Å². The molecule has 51 valence electrons. The number of halogens is 2. The number of rotatable bonds is 0. The zero-order valence-corrected chi connectivity index (χ0v) is 8.57. The van der Waals surface area contributed by atoms with Crippen LogP contribution in [0, 0.1) is 13.0 Å². The van der Waals surface area contributed by atoms with E-state index in [9.17, 15) is 0 Å². The number of nitrogens with zero attached hydrogens (tertiary/aromatic N) is 1. The van der Waals surface area contributed by atoms with Crippen LogP contribution in [0.2, 0.25) is 0 Å². The van der Waals surface area contributed by atoms with E-state index in [1.54, 1.807) is 12.4 Å². The maximum atomic E-state index is 4.90. The van der Waals surface area contributed by atoms with Crippen LogP contribution in [0.15, 0.2) is 18.5 Å². The Bertz CT molecular complexity index is 157. The maximum absolute atomic E-state index is 4.90. The van der Waals surface area contributed by atoms with E-state index in [1.807, 2.05) is 13.0 Å². The SMILES string of the molecule is Cc1c[c]cnc1.[Cl][Mg][Cl]. The molecule has 1 aromatic heterocycles. The van der Waals surface area contributed by atoms with E-state index < -0.39 is 18.2 Å². The monoisotopic (exact) mass is 186 g/mol. The number of aryl methyl sites for hydroxylation is 1. The minimum atomic E-state index is -0.639. The largest absolute Gasteiger partial charge is 0.618 e. The van der Waals surface area contributed by atoms with Crippen LogP contribution in [-0.4, -0.2) is 23.1 Å². The van der Waals surface area contributed by atoms with Gasteiger partial charge in [-0.3, -0.25) is 4.98 Å². The molecule has 1 nitrogen and oxygen atoms in total. The third-order valence-electron chi connectivity index (χ3n) is 0.738. The van der Waals surface area contributed by atoms with Gasteiger partial charge in [-0.1, -0.05) is 0 Å². The summed E-state index contributed by atoms with van der Waals surface area (Å²) < 4.78 is 0. The van der Waals surface area contributed by atoms with Gasteiger partial charge in [-0.25, -0.2) is 0 Å². The summed E-state index contributed by atoms with van der Waals surface area (Å²) >= 11 is -0.639. The van der Waals surface area contributed by atoms with Gasteiger partial charge in [-0.05, 0) is 18.6 Å². The molecule has 0 aliphatic heterocycles. The number of aromatic nitrogens is 1. The molecule has 10 heavy (non-hydrogen) atoms. The second kappa shape index (κ2) is 7.60. The van der Waals surface area contributed by atoms with Crippen LogP contribution in [0.25, 0.3) is 0 Å². The Labute approximate surface area is 78.0 Å². The average molecular weight is 187 g/mol. The van der Waals surface area contributed by atoms with Crippen LogP contribution in [-0.2, 0) is 0 Å². The van der Waals surface area contributed by atoms with Crippen molar-refractivity contribution in [1.82, 2.24) is 4.98 Å². The van der Waals surface area contributed by atoms with Crippen molar-refractivity contribution in [1.29, 1.82) is 0 Å². The van der Waals surface area contributed by atoms with E-state index in [0.717, 1.165) is 5.56 Å². The summed E-state index contributed by atoms with van der Waals surface area (Å²) in [5.41, 5.74) is 1.16. The summed E-state index contributed by atoms with van der Waals surface area (Å²) in [5, 5.41) is 0. The lowest BCUT2D eigenvalue weighted by molar-refractivity contribution is 1.26. The first-order valence-electron chi connectivity index (χ1n) is 2.71. The smallest absolute Gasteiger partial charge is 0.309 e. The van der Waals surface area contributed by atoms with Crippen molar-refractivity contribution < 1.29 is 0 Å². The second-order valence-corrected chi connectivity index (χ2v) is 4.19. The minimum Gasteiger partial charge on any atom is -0.309 e. The predicted octanol–water partition coefficient (Wildman–Crippen LogP) is 2.19. The molecule has 0 atom stereocenters. The third kappa shape index (κ3) is 6.61. The van der Waals surface area contributed by atoms with Crippen molar-refractivity contribution in [2.24, 2.45) is 0 Å². The summed E-state index contributed by atoms with van der Waals surface area (Å²) in [4.78, 5) is 3.83. The van der Waals surface area contributed by atoms with Crippen LogP contribution < -0.4 is 0 Å². The van der Waals surface area contributed by atoms with Crippen molar-refractivity contribution >= 4 is 36.3 Å². The third-order valence-corrected chi connectivity index (χ3v) is 0.738. The van der Waals surface area contributed by atoms with Gasteiger partial charge >= 0.3 is 18.2 Å². The van der Waals surface area contributed by atoms with E-state index in [0.29, 0.717) is 0 Å². The van der Waals surface area contributed by atoms with Crippen LogP contribution in [0.5, 0.6) is 0 Å². The van der Waals surface area contributed by atoms with Crippen molar-refractivity contribution in [2.45, 2.75) is 6.92 Å². The van der Waals surface area contributed by atoms with Crippen molar-refractivity contribution in [3.05, 3.63) is 30.1 Å². The molecule has 0 aromatic carbocycles. The first-order chi connectivity index (χ1) is 4.81. The van der Waals surface area contributed by atoms with Gasteiger partial charge in [0.05, 0.1) is 0 Å². The Morgan fingerprint density at radius 2 is 2.20 bits per heavy atom. The molecule has 1 heterocycles. The lowest BCUT2D eigenvalue weighted by Crippen LogP contribution is -1.70. The van der Waals surface area contributed by atoms with E-state index in [4.69, 9.17) is 18.1 Å². The lowest BCUT2D eigenvalue weighted by Gasteiger charge is -1.81. The Balaban J connectivity index is 0.000000236. The summed E-state index contributed by atoms with van der Waals surface area (Å²) in [5.74, 6) is 0. The second-order valence-electron chi connectivity index (χ2n) is 1.56. The highest BCUT2D eigenvalue weighted by atomic mass is 35.6. The van der Waals surface area contributed by atoms with E-state index >= 15 is 0 Å². The van der Waals surface area contributed by atoms with E-state index in [-0.39, 0.29) is 0 Å². The summed E-state index contributed by atoms with van der Waals surface area (Å²) in [6.45, 7) is 1.99. The van der Waals surface area contributed by atoms with Crippen molar-refractivity contribution in [3.63, 3.8) is 0 Å².